The second-order valence-corrected chi connectivity index (χ2v) is 6.38. The molecule has 27 heavy (non-hydrogen) atoms. The number of nitrogens with two attached hydrogens (primary N) is 1. The van der Waals surface area contributed by atoms with Crippen molar-refractivity contribution in [3.8, 4) is 11.5 Å². The van der Waals surface area contributed by atoms with E-state index in [4.69, 9.17) is 15.2 Å². The summed E-state index contributed by atoms with van der Waals surface area (Å²) in [4.78, 5) is 14.7. The van der Waals surface area contributed by atoms with Crippen LogP contribution in [0.3, 0.4) is 0 Å². The summed E-state index contributed by atoms with van der Waals surface area (Å²) in [5.41, 5.74) is 8.30. The van der Waals surface area contributed by atoms with E-state index >= 15 is 0 Å². The number of hydrogen-bond acceptors (Lipinski definition) is 5. The zero-order valence-corrected chi connectivity index (χ0v) is 16.4. The molecule has 2 aromatic rings. The molecular weight excluding hydrogens is 366 g/mol. The van der Waals surface area contributed by atoms with Gasteiger partial charge in [-0.05, 0) is 24.1 Å². The van der Waals surface area contributed by atoms with Gasteiger partial charge in [0.05, 0.1) is 14.2 Å². The molecule has 2 aromatic carbocycles. The van der Waals surface area contributed by atoms with E-state index in [1.54, 1.807) is 14.2 Å². The average molecular weight is 392 g/mol. The molecule has 0 aliphatic carbocycles. The van der Waals surface area contributed by atoms with Gasteiger partial charge in [-0.25, -0.2) is 0 Å². The van der Waals surface area contributed by atoms with Crippen molar-refractivity contribution >= 4 is 24.0 Å². The zero-order chi connectivity index (χ0) is 18.5. The minimum absolute atomic E-state index is 0. The Bertz CT molecular complexity index is 745. The molecule has 0 spiro atoms. The predicted molar refractivity (Wildman–Crippen MR) is 109 cm³/mol. The maximum atomic E-state index is 12.4. The Hall–Kier alpha value is -2.44. The van der Waals surface area contributed by atoms with Crippen LogP contribution >= 0.6 is 12.4 Å². The summed E-state index contributed by atoms with van der Waals surface area (Å²) in [5.74, 6) is 1.46. The maximum Gasteiger partial charge on any atom is 0.251 e. The van der Waals surface area contributed by atoms with Gasteiger partial charge in [-0.1, -0.05) is 12.1 Å². The smallest absolute Gasteiger partial charge is 0.251 e. The molecule has 0 radical (unpaired) electrons. The normalized spacial score (nSPS) is 15.8. The lowest BCUT2D eigenvalue weighted by molar-refractivity contribution is 0.0940. The van der Waals surface area contributed by atoms with Crippen LogP contribution in [0.25, 0.3) is 0 Å². The highest BCUT2D eigenvalue weighted by Gasteiger charge is 2.25. The largest absolute Gasteiger partial charge is 0.497 e. The predicted octanol–water partition coefficient (Wildman–Crippen LogP) is 2.59. The monoisotopic (exact) mass is 391 g/mol. The van der Waals surface area contributed by atoms with Crippen LogP contribution in [0.15, 0.2) is 42.5 Å². The summed E-state index contributed by atoms with van der Waals surface area (Å²) >= 11 is 0. The van der Waals surface area contributed by atoms with Crippen molar-refractivity contribution in [2.45, 2.75) is 19.0 Å². The van der Waals surface area contributed by atoms with Gasteiger partial charge in [0.25, 0.3) is 5.91 Å². The minimum Gasteiger partial charge on any atom is -0.497 e. The molecule has 146 valence electrons. The molecule has 1 amide bonds. The zero-order valence-electron chi connectivity index (χ0n) is 15.6. The Morgan fingerprint density at radius 3 is 2.33 bits per heavy atom. The number of halogens is 1. The van der Waals surface area contributed by atoms with Gasteiger partial charge < -0.3 is 25.4 Å². The van der Waals surface area contributed by atoms with Crippen molar-refractivity contribution in [1.82, 2.24) is 5.32 Å². The van der Waals surface area contributed by atoms with Gasteiger partial charge in [0.1, 0.15) is 11.5 Å². The maximum absolute atomic E-state index is 12.4. The van der Waals surface area contributed by atoms with Crippen LogP contribution in [0.2, 0.25) is 0 Å². The van der Waals surface area contributed by atoms with E-state index in [1.807, 2.05) is 42.5 Å². The first-order valence-electron chi connectivity index (χ1n) is 8.71. The second-order valence-electron chi connectivity index (χ2n) is 6.38. The molecule has 1 atom stereocenters. The van der Waals surface area contributed by atoms with E-state index in [1.165, 1.54) is 0 Å². The molecule has 1 saturated heterocycles. The number of methoxy groups -OCH3 is 2. The van der Waals surface area contributed by atoms with Crippen molar-refractivity contribution in [2.75, 3.05) is 32.2 Å². The molecule has 1 heterocycles. The van der Waals surface area contributed by atoms with Gasteiger partial charge >= 0.3 is 0 Å². The van der Waals surface area contributed by atoms with Gasteiger partial charge in [-0.2, -0.15) is 0 Å². The molecule has 0 aromatic heterocycles. The van der Waals surface area contributed by atoms with Crippen LogP contribution in [-0.2, 0) is 6.54 Å². The Kier molecular flexibility index (Phi) is 7.33. The topological polar surface area (TPSA) is 76.8 Å². The highest BCUT2D eigenvalue weighted by Crippen LogP contribution is 2.30. The number of carbonyl (C=O) groups excluding carboxylic acids is 1. The van der Waals surface area contributed by atoms with Gasteiger partial charge in [0.2, 0.25) is 0 Å². The van der Waals surface area contributed by atoms with Crippen molar-refractivity contribution < 1.29 is 14.3 Å². The van der Waals surface area contributed by atoms with Crippen molar-refractivity contribution in [2.24, 2.45) is 5.73 Å². The highest BCUT2D eigenvalue weighted by atomic mass is 35.5. The highest BCUT2D eigenvalue weighted by molar-refractivity contribution is 5.94. The van der Waals surface area contributed by atoms with E-state index in [2.05, 4.69) is 10.2 Å². The molecule has 7 heteroatoms. The lowest BCUT2D eigenvalue weighted by Crippen LogP contribution is -2.37. The molecule has 0 saturated carbocycles. The molecule has 3 N–H and O–H groups in total. The lowest BCUT2D eigenvalue weighted by atomic mass is 10.1. The quantitative estimate of drug-likeness (QED) is 0.791. The third-order valence-corrected chi connectivity index (χ3v) is 4.68. The molecule has 1 aliphatic heterocycles. The number of nitrogens with zero attached hydrogens (tertiary/aromatic N) is 1. The minimum atomic E-state index is -0.0522. The summed E-state index contributed by atoms with van der Waals surface area (Å²) in [6.45, 7) is 2.10. The Balaban J connectivity index is 0.00000261. The van der Waals surface area contributed by atoms with E-state index < -0.39 is 0 Å². The van der Waals surface area contributed by atoms with E-state index in [-0.39, 0.29) is 24.4 Å². The molecule has 1 fully saturated rings. The van der Waals surface area contributed by atoms with Crippen molar-refractivity contribution in [3.05, 3.63) is 53.6 Å². The number of rotatable bonds is 6. The fraction of sp³-hybridized carbons (Fsp3) is 0.350. The third-order valence-electron chi connectivity index (χ3n) is 4.68. The van der Waals surface area contributed by atoms with Gasteiger partial charge in [0, 0.05) is 55.1 Å². The standard InChI is InChI=1S/C20H25N3O3.ClH/c1-25-18-9-17(10-19(11-18)26-2)23-8-7-16(13-23)22-20(24)15-5-3-14(12-21)4-6-15;/h3-6,9-11,16H,7-8,12-13,21H2,1-2H3,(H,22,24);1H. The summed E-state index contributed by atoms with van der Waals surface area (Å²) < 4.78 is 10.7. The Morgan fingerprint density at radius 1 is 1.15 bits per heavy atom. The third kappa shape index (κ3) is 5.05. The fourth-order valence-corrected chi connectivity index (χ4v) is 3.15. The number of carbonyl (C=O) groups is 1. The number of amides is 1. The summed E-state index contributed by atoms with van der Waals surface area (Å²) in [7, 11) is 3.28. The van der Waals surface area contributed by atoms with Gasteiger partial charge in [-0.3, -0.25) is 4.79 Å². The SMILES string of the molecule is COc1cc(OC)cc(N2CCC(NC(=O)c3ccc(CN)cc3)C2)c1.Cl. The number of anilines is 1. The van der Waals surface area contributed by atoms with E-state index in [9.17, 15) is 4.79 Å². The molecule has 0 bridgehead atoms. The van der Waals surface area contributed by atoms with Crippen LogP contribution in [0, 0.1) is 0 Å². The first-order valence-corrected chi connectivity index (χ1v) is 8.71. The first kappa shape index (κ1) is 20.9. The summed E-state index contributed by atoms with van der Waals surface area (Å²) in [5, 5.41) is 3.12. The van der Waals surface area contributed by atoms with Crippen LogP contribution in [0.4, 0.5) is 5.69 Å². The summed E-state index contributed by atoms with van der Waals surface area (Å²) in [6, 6.07) is 13.3. The Labute approximate surface area is 166 Å². The molecule has 1 aliphatic rings. The fourth-order valence-electron chi connectivity index (χ4n) is 3.15. The molecule has 3 rings (SSSR count). The Morgan fingerprint density at radius 2 is 1.78 bits per heavy atom. The first-order chi connectivity index (χ1) is 12.6. The second kappa shape index (κ2) is 9.48. The molecule has 6 nitrogen and oxygen atoms in total. The van der Waals surface area contributed by atoms with E-state index in [0.29, 0.717) is 12.1 Å². The van der Waals surface area contributed by atoms with E-state index in [0.717, 1.165) is 42.3 Å². The number of benzene rings is 2. The number of ether oxygens (including phenoxy) is 2. The molecule has 1 unspecified atom stereocenters. The van der Waals surface area contributed by atoms with Crippen LogP contribution in [-0.4, -0.2) is 39.3 Å². The van der Waals surface area contributed by atoms with Crippen molar-refractivity contribution in [3.63, 3.8) is 0 Å². The average Bonchev–Trinajstić information content (AvgIpc) is 3.16. The van der Waals surface area contributed by atoms with Gasteiger partial charge in [0.15, 0.2) is 0 Å². The van der Waals surface area contributed by atoms with Crippen LogP contribution in [0.1, 0.15) is 22.3 Å². The number of nitrogens with one attached hydrogen (secondary N) is 1. The number of hydrogen-bond donors (Lipinski definition) is 2. The lowest BCUT2D eigenvalue weighted by Gasteiger charge is -2.20. The molecular formula is C20H26ClN3O3. The summed E-state index contributed by atoms with van der Waals surface area (Å²) in [6.07, 6.45) is 0.895. The van der Waals surface area contributed by atoms with Crippen LogP contribution < -0.4 is 25.4 Å². The van der Waals surface area contributed by atoms with Gasteiger partial charge in [-0.15, -0.1) is 12.4 Å². The van der Waals surface area contributed by atoms with Crippen molar-refractivity contribution in [1.29, 1.82) is 0 Å². The van der Waals surface area contributed by atoms with Crippen LogP contribution in [0.5, 0.6) is 11.5 Å².